The number of benzene rings is 1. The van der Waals surface area contributed by atoms with Crippen LogP contribution >= 0.6 is 27.3 Å². The van der Waals surface area contributed by atoms with Crippen molar-refractivity contribution < 1.29 is 9.47 Å². The zero-order valence-electron chi connectivity index (χ0n) is 12.1. The van der Waals surface area contributed by atoms with Crippen LogP contribution < -0.4 is 14.8 Å². The molecule has 0 saturated heterocycles. The first-order valence-electron chi connectivity index (χ1n) is 7.00. The Morgan fingerprint density at radius 2 is 2.00 bits per heavy atom. The van der Waals surface area contributed by atoms with Gasteiger partial charge in [-0.2, -0.15) is 0 Å². The van der Waals surface area contributed by atoms with E-state index in [1.807, 2.05) is 6.07 Å². The molecule has 1 unspecified atom stereocenters. The van der Waals surface area contributed by atoms with E-state index >= 15 is 0 Å². The standard InChI is InChI=1S/C16H18BrNO2S/c1-10-3-6-21-16(10)9-18-11(2)12-7-14-15(8-13(12)17)20-5-4-19-14/h3,6-8,11,18H,4-5,9H2,1-2H3. The summed E-state index contributed by atoms with van der Waals surface area (Å²) in [5, 5.41) is 5.71. The van der Waals surface area contributed by atoms with E-state index in [9.17, 15) is 0 Å². The van der Waals surface area contributed by atoms with Gasteiger partial charge in [-0.25, -0.2) is 0 Å². The van der Waals surface area contributed by atoms with Crippen LogP contribution in [0.5, 0.6) is 11.5 Å². The molecule has 0 aliphatic carbocycles. The Bertz CT molecular complexity index is 641. The largest absolute Gasteiger partial charge is 0.486 e. The fourth-order valence-corrected chi connectivity index (χ4v) is 3.88. The lowest BCUT2D eigenvalue weighted by atomic mass is 10.1. The number of hydrogen-bond donors (Lipinski definition) is 1. The van der Waals surface area contributed by atoms with Gasteiger partial charge in [0.2, 0.25) is 0 Å². The summed E-state index contributed by atoms with van der Waals surface area (Å²) in [7, 11) is 0. The van der Waals surface area contributed by atoms with Crippen molar-refractivity contribution in [2.24, 2.45) is 0 Å². The first-order valence-corrected chi connectivity index (χ1v) is 8.68. The van der Waals surface area contributed by atoms with Gasteiger partial charge < -0.3 is 14.8 Å². The molecule has 1 atom stereocenters. The molecule has 0 bridgehead atoms. The van der Waals surface area contributed by atoms with E-state index in [1.165, 1.54) is 16.0 Å². The number of rotatable bonds is 4. The minimum Gasteiger partial charge on any atom is -0.486 e. The summed E-state index contributed by atoms with van der Waals surface area (Å²) in [4.78, 5) is 1.38. The Morgan fingerprint density at radius 1 is 1.29 bits per heavy atom. The number of halogens is 1. The zero-order valence-corrected chi connectivity index (χ0v) is 14.5. The third kappa shape index (κ3) is 3.25. The van der Waals surface area contributed by atoms with E-state index in [1.54, 1.807) is 11.3 Å². The van der Waals surface area contributed by atoms with Crippen LogP contribution in [0.25, 0.3) is 0 Å². The summed E-state index contributed by atoms with van der Waals surface area (Å²) in [5.41, 5.74) is 2.54. The summed E-state index contributed by atoms with van der Waals surface area (Å²) >= 11 is 5.43. The first-order chi connectivity index (χ1) is 10.1. The molecule has 0 saturated carbocycles. The monoisotopic (exact) mass is 367 g/mol. The molecule has 5 heteroatoms. The van der Waals surface area contributed by atoms with Gasteiger partial charge >= 0.3 is 0 Å². The Balaban J connectivity index is 1.75. The normalized spacial score (nSPS) is 15.0. The average molecular weight is 368 g/mol. The smallest absolute Gasteiger partial charge is 0.162 e. The second kappa shape index (κ2) is 6.38. The molecule has 0 amide bonds. The molecule has 21 heavy (non-hydrogen) atoms. The van der Waals surface area contributed by atoms with E-state index in [-0.39, 0.29) is 6.04 Å². The van der Waals surface area contributed by atoms with Crippen molar-refractivity contribution in [1.82, 2.24) is 5.32 Å². The number of nitrogens with one attached hydrogen (secondary N) is 1. The number of aryl methyl sites for hydroxylation is 1. The molecule has 1 aliphatic rings. The molecule has 3 nitrogen and oxygen atoms in total. The Hall–Kier alpha value is -1.04. The molecule has 2 heterocycles. The maximum atomic E-state index is 5.67. The van der Waals surface area contributed by atoms with Crippen molar-refractivity contribution in [3.63, 3.8) is 0 Å². The van der Waals surface area contributed by atoms with Crippen molar-refractivity contribution in [3.05, 3.63) is 44.1 Å². The van der Waals surface area contributed by atoms with Crippen molar-refractivity contribution >= 4 is 27.3 Å². The summed E-state index contributed by atoms with van der Waals surface area (Å²) < 4.78 is 12.3. The molecule has 0 radical (unpaired) electrons. The quantitative estimate of drug-likeness (QED) is 0.866. The third-order valence-corrected chi connectivity index (χ3v) is 5.37. The predicted octanol–water partition coefficient (Wildman–Crippen LogP) is 4.44. The molecule has 1 aromatic heterocycles. The summed E-state index contributed by atoms with van der Waals surface area (Å²) in [5.74, 6) is 1.65. The summed E-state index contributed by atoms with van der Waals surface area (Å²) in [6, 6.07) is 6.46. The second-order valence-electron chi connectivity index (χ2n) is 5.15. The first kappa shape index (κ1) is 14.9. The molecule has 1 aliphatic heterocycles. The van der Waals surface area contributed by atoms with Gasteiger partial charge in [0.15, 0.2) is 11.5 Å². The van der Waals surface area contributed by atoms with Crippen LogP contribution in [-0.4, -0.2) is 13.2 Å². The second-order valence-corrected chi connectivity index (χ2v) is 7.00. The lowest BCUT2D eigenvalue weighted by Gasteiger charge is -2.22. The van der Waals surface area contributed by atoms with E-state index < -0.39 is 0 Å². The van der Waals surface area contributed by atoms with Gasteiger partial charge in [-0.15, -0.1) is 11.3 Å². The van der Waals surface area contributed by atoms with Crippen molar-refractivity contribution in [3.8, 4) is 11.5 Å². The van der Waals surface area contributed by atoms with E-state index in [0.717, 1.165) is 22.5 Å². The highest BCUT2D eigenvalue weighted by molar-refractivity contribution is 9.10. The van der Waals surface area contributed by atoms with Crippen LogP contribution in [0.2, 0.25) is 0 Å². The van der Waals surface area contributed by atoms with Crippen LogP contribution in [-0.2, 0) is 6.54 Å². The summed E-state index contributed by atoms with van der Waals surface area (Å²) in [6.07, 6.45) is 0. The molecule has 2 aromatic rings. The number of ether oxygens (including phenoxy) is 2. The SMILES string of the molecule is Cc1ccsc1CNC(C)c1cc2c(cc1Br)OCCO2. The van der Waals surface area contributed by atoms with Crippen LogP contribution in [0.1, 0.15) is 29.0 Å². The van der Waals surface area contributed by atoms with Crippen molar-refractivity contribution in [2.45, 2.75) is 26.4 Å². The van der Waals surface area contributed by atoms with E-state index in [0.29, 0.717) is 13.2 Å². The van der Waals surface area contributed by atoms with Crippen molar-refractivity contribution in [1.29, 1.82) is 0 Å². The minimum absolute atomic E-state index is 0.233. The molecular weight excluding hydrogens is 350 g/mol. The lowest BCUT2D eigenvalue weighted by Crippen LogP contribution is -2.20. The Labute approximate surface area is 137 Å². The minimum atomic E-state index is 0.233. The highest BCUT2D eigenvalue weighted by Gasteiger charge is 2.18. The average Bonchev–Trinajstić information content (AvgIpc) is 2.89. The fraction of sp³-hybridized carbons (Fsp3) is 0.375. The van der Waals surface area contributed by atoms with Gasteiger partial charge in [-0.05, 0) is 48.6 Å². The molecule has 3 rings (SSSR count). The number of fused-ring (bicyclic) bond motifs is 1. The lowest BCUT2D eigenvalue weighted by molar-refractivity contribution is 0.171. The van der Waals surface area contributed by atoms with E-state index in [4.69, 9.17) is 9.47 Å². The predicted molar refractivity (Wildman–Crippen MR) is 89.4 cm³/mol. The Kier molecular flexibility index (Phi) is 4.52. The maximum Gasteiger partial charge on any atom is 0.162 e. The van der Waals surface area contributed by atoms with Gasteiger partial charge in [0.25, 0.3) is 0 Å². The van der Waals surface area contributed by atoms with Crippen LogP contribution in [0.15, 0.2) is 28.1 Å². The third-order valence-electron chi connectivity index (χ3n) is 3.66. The van der Waals surface area contributed by atoms with Crippen LogP contribution in [0.4, 0.5) is 0 Å². The van der Waals surface area contributed by atoms with E-state index in [2.05, 4.69) is 52.6 Å². The zero-order chi connectivity index (χ0) is 14.8. The summed E-state index contributed by atoms with van der Waals surface area (Å²) in [6.45, 7) is 6.43. The van der Waals surface area contributed by atoms with Crippen molar-refractivity contribution in [2.75, 3.05) is 13.2 Å². The van der Waals surface area contributed by atoms with Gasteiger partial charge in [0.1, 0.15) is 13.2 Å². The van der Waals surface area contributed by atoms with Gasteiger partial charge in [0.05, 0.1) is 0 Å². The molecule has 0 spiro atoms. The van der Waals surface area contributed by atoms with Crippen LogP contribution in [0.3, 0.4) is 0 Å². The highest BCUT2D eigenvalue weighted by atomic mass is 79.9. The van der Waals surface area contributed by atoms with Gasteiger partial charge in [-0.1, -0.05) is 15.9 Å². The fourth-order valence-electron chi connectivity index (χ4n) is 2.35. The maximum absolute atomic E-state index is 5.67. The topological polar surface area (TPSA) is 30.5 Å². The van der Waals surface area contributed by atoms with Gasteiger partial charge in [0, 0.05) is 21.9 Å². The molecule has 0 fully saturated rings. The highest BCUT2D eigenvalue weighted by Crippen LogP contribution is 2.37. The number of hydrogen-bond acceptors (Lipinski definition) is 4. The molecular formula is C16H18BrNO2S. The molecule has 1 N–H and O–H groups in total. The molecule has 112 valence electrons. The molecule has 1 aromatic carbocycles. The van der Waals surface area contributed by atoms with Gasteiger partial charge in [-0.3, -0.25) is 0 Å². The number of thiophene rings is 1. The van der Waals surface area contributed by atoms with Crippen LogP contribution in [0, 0.1) is 6.92 Å². The Morgan fingerprint density at radius 3 is 2.67 bits per heavy atom.